The number of aromatic nitrogens is 2. The van der Waals surface area contributed by atoms with Gasteiger partial charge in [0.05, 0.1) is 31.8 Å². The second kappa shape index (κ2) is 9.61. The zero-order valence-corrected chi connectivity index (χ0v) is 20.1. The van der Waals surface area contributed by atoms with Gasteiger partial charge in [0, 0.05) is 26.2 Å². The summed E-state index contributed by atoms with van der Waals surface area (Å²) in [7, 11) is 0. The Morgan fingerprint density at radius 1 is 1.12 bits per heavy atom. The fourth-order valence-corrected chi connectivity index (χ4v) is 6.69. The maximum Gasteiger partial charge on any atom is 0.348 e. The molecule has 5 rings (SSSR count). The molecule has 0 radical (unpaired) electrons. The molecule has 2 atom stereocenters. The Kier molecular flexibility index (Phi) is 6.62. The van der Waals surface area contributed by atoms with E-state index in [1.807, 2.05) is 13.8 Å². The molecule has 7 nitrogen and oxygen atoms in total. The molecule has 3 aliphatic rings. The predicted octanol–water partition coefficient (Wildman–Crippen LogP) is 4.03. The molecular formula is C24H34N4O3S. The van der Waals surface area contributed by atoms with Gasteiger partial charge in [-0.1, -0.05) is 19.3 Å². The van der Waals surface area contributed by atoms with Gasteiger partial charge in [-0.3, -0.25) is 4.90 Å². The smallest absolute Gasteiger partial charge is 0.348 e. The average molecular weight is 459 g/mol. The number of hydrogen-bond acceptors (Lipinski definition) is 8. The highest BCUT2D eigenvalue weighted by Gasteiger charge is 2.33. The van der Waals surface area contributed by atoms with E-state index in [4.69, 9.17) is 19.4 Å². The van der Waals surface area contributed by atoms with Crippen LogP contribution in [-0.4, -0.2) is 66.8 Å². The van der Waals surface area contributed by atoms with E-state index in [2.05, 4.69) is 9.80 Å². The quantitative estimate of drug-likeness (QED) is 0.627. The van der Waals surface area contributed by atoms with Crippen molar-refractivity contribution in [1.82, 2.24) is 14.9 Å². The summed E-state index contributed by atoms with van der Waals surface area (Å²) < 4.78 is 10.8. The monoisotopic (exact) mass is 458 g/mol. The second-order valence-electron chi connectivity index (χ2n) is 9.35. The van der Waals surface area contributed by atoms with E-state index in [-0.39, 0.29) is 5.97 Å². The van der Waals surface area contributed by atoms with Crippen LogP contribution >= 0.6 is 11.3 Å². The lowest BCUT2D eigenvalue weighted by atomic mass is 9.75. The number of esters is 1. The Labute approximate surface area is 194 Å². The summed E-state index contributed by atoms with van der Waals surface area (Å²) >= 11 is 1.45. The van der Waals surface area contributed by atoms with E-state index >= 15 is 0 Å². The zero-order chi connectivity index (χ0) is 22.1. The number of aryl methyl sites for hydroxylation is 1. The molecule has 0 aromatic carbocycles. The predicted molar refractivity (Wildman–Crippen MR) is 126 cm³/mol. The third kappa shape index (κ3) is 4.37. The molecule has 0 spiro atoms. The van der Waals surface area contributed by atoms with Crippen molar-refractivity contribution in [3.8, 4) is 0 Å². The first-order valence-corrected chi connectivity index (χ1v) is 13.0. The molecule has 0 N–H and O–H groups in total. The van der Waals surface area contributed by atoms with Crippen molar-refractivity contribution in [2.75, 3.05) is 50.9 Å². The van der Waals surface area contributed by atoms with Crippen LogP contribution in [0.15, 0.2) is 0 Å². The minimum atomic E-state index is -0.250. The Morgan fingerprint density at radius 3 is 2.69 bits per heavy atom. The maximum atomic E-state index is 12.6. The van der Waals surface area contributed by atoms with Crippen LogP contribution in [0.4, 0.5) is 5.82 Å². The van der Waals surface area contributed by atoms with Gasteiger partial charge in [-0.25, -0.2) is 14.8 Å². The number of thiophene rings is 1. The highest BCUT2D eigenvalue weighted by molar-refractivity contribution is 7.20. The first-order chi connectivity index (χ1) is 15.6. The third-order valence-corrected chi connectivity index (χ3v) is 8.50. The summed E-state index contributed by atoms with van der Waals surface area (Å²) in [4.78, 5) is 29.1. The number of piperidine rings is 1. The SMILES string of the molecule is CCOC(=O)c1sc2nc(CN3CCOCC3)nc(N3CC[C@H]4CCCC[C@@H]4C3)c2c1C. The van der Waals surface area contributed by atoms with Gasteiger partial charge >= 0.3 is 5.97 Å². The summed E-state index contributed by atoms with van der Waals surface area (Å²) in [5, 5.41) is 1.04. The first kappa shape index (κ1) is 22.0. The molecule has 1 aliphatic carbocycles. The summed E-state index contributed by atoms with van der Waals surface area (Å²) in [6, 6.07) is 0. The van der Waals surface area contributed by atoms with Gasteiger partial charge in [0.1, 0.15) is 21.3 Å². The lowest BCUT2D eigenvalue weighted by molar-refractivity contribution is 0.0331. The Morgan fingerprint density at radius 2 is 1.91 bits per heavy atom. The van der Waals surface area contributed by atoms with Crippen LogP contribution < -0.4 is 4.90 Å². The van der Waals surface area contributed by atoms with Crippen LogP contribution in [-0.2, 0) is 16.0 Å². The molecule has 2 aliphatic heterocycles. The van der Waals surface area contributed by atoms with E-state index < -0.39 is 0 Å². The van der Waals surface area contributed by atoms with Crippen molar-refractivity contribution in [2.45, 2.75) is 52.5 Å². The van der Waals surface area contributed by atoms with Gasteiger partial charge in [0.15, 0.2) is 0 Å². The number of rotatable bonds is 5. The number of ether oxygens (including phenoxy) is 2. The molecule has 8 heteroatoms. The molecule has 0 amide bonds. The van der Waals surface area contributed by atoms with Gasteiger partial charge in [-0.15, -0.1) is 11.3 Å². The molecule has 0 unspecified atom stereocenters. The van der Waals surface area contributed by atoms with E-state index in [0.29, 0.717) is 11.5 Å². The minimum absolute atomic E-state index is 0.250. The highest BCUT2D eigenvalue weighted by Crippen LogP contribution is 2.41. The lowest BCUT2D eigenvalue weighted by Gasteiger charge is -2.42. The number of anilines is 1. The van der Waals surface area contributed by atoms with Crippen molar-refractivity contribution in [1.29, 1.82) is 0 Å². The van der Waals surface area contributed by atoms with Gasteiger partial charge in [-0.2, -0.15) is 0 Å². The average Bonchev–Trinajstić information content (AvgIpc) is 3.15. The second-order valence-corrected chi connectivity index (χ2v) is 10.3. The van der Waals surface area contributed by atoms with Crippen molar-refractivity contribution < 1.29 is 14.3 Å². The minimum Gasteiger partial charge on any atom is -0.462 e. The summed E-state index contributed by atoms with van der Waals surface area (Å²) in [6.07, 6.45) is 6.68. The van der Waals surface area contributed by atoms with Crippen LogP contribution in [0.3, 0.4) is 0 Å². The molecule has 2 aromatic rings. The Hall–Kier alpha value is -1.77. The normalized spacial score (nSPS) is 24.5. The number of fused-ring (bicyclic) bond motifs is 2. The lowest BCUT2D eigenvalue weighted by Crippen LogP contribution is -2.42. The third-order valence-electron chi connectivity index (χ3n) is 7.34. The largest absolute Gasteiger partial charge is 0.462 e. The fraction of sp³-hybridized carbons (Fsp3) is 0.708. The Balaban J connectivity index is 1.52. The molecule has 1 saturated carbocycles. The van der Waals surface area contributed by atoms with Crippen molar-refractivity contribution in [3.05, 3.63) is 16.3 Å². The van der Waals surface area contributed by atoms with E-state index in [1.54, 1.807) is 0 Å². The molecule has 32 heavy (non-hydrogen) atoms. The molecule has 2 saturated heterocycles. The molecule has 2 aromatic heterocycles. The topological polar surface area (TPSA) is 67.8 Å². The highest BCUT2D eigenvalue weighted by atomic mass is 32.1. The van der Waals surface area contributed by atoms with Crippen molar-refractivity contribution in [3.63, 3.8) is 0 Å². The standard InChI is InChI=1S/C24H34N4O3S/c1-3-31-24(29)21-16(2)20-22(28-9-8-17-6-4-5-7-18(17)14-28)25-19(26-23(20)32-21)15-27-10-12-30-13-11-27/h17-18H,3-15H2,1-2H3/t17-,18-/m1/s1. The number of carbonyl (C=O) groups is 1. The summed E-state index contributed by atoms with van der Waals surface area (Å²) in [5.41, 5.74) is 0.960. The maximum absolute atomic E-state index is 12.6. The van der Waals surface area contributed by atoms with Crippen molar-refractivity contribution >= 4 is 33.3 Å². The van der Waals surface area contributed by atoms with E-state index in [9.17, 15) is 4.79 Å². The molecule has 3 fully saturated rings. The number of nitrogens with zero attached hydrogens (tertiary/aromatic N) is 4. The van der Waals surface area contributed by atoms with Crippen LogP contribution in [0.1, 0.15) is 60.1 Å². The number of hydrogen-bond donors (Lipinski definition) is 0. The van der Waals surface area contributed by atoms with Crippen LogP contribution in [0.5, 0.6) is 0 Å². The first-order valence-electron chi connectivity index (χ1n) is 12.2. The molecule has 174 valence electrons. The van der Waals surface area contributed by atoms with Crippen LogP contribution in [0, 0.1) is 18.8 Å². The Bertz CT molecular complexity index is 972. The summed E-state index contributed by atoms with van der Waals surface area (Å²) in [6.45, 7) is 10.4. The van der Waals surface area contributed by atoms with Crippen molar-refractivity contribution in [2.24, 2.45) is 11.8 Å². The van der Waals surface area contributed by atoms with E-state index in [1.165, 1.54) is 43.4 Å². The number of morpholine rings is 1. The summed E-state index contributed by atoms with van der Waals surface area (Å²) in [5.74, 6) is 3.24. The molecule has 4 heterocycles. The zero-order valence-electron chi connectivity index (χ0n) is 19.3. The van der Waals surface area contributed by atoms with Gasteiger partial charge in [0.25, 0.3) is 0 Å². The molecular weight excluding hydrogens is 424 g/mol. The fourth-order valence-electron chi connectivity index (χ4n) is 5.60. The van der Waals surface area contributed by atoms with Gasteiger partial charge < -0.3 is 14.4 Å². The molecule has 0 bridgehead atoms. The van der Waals surface area contributed by atoms with Gasteiger partial charge in [0.2, 0.25) is 0 Å². The van der Waals surface area contributed by atoms with Crippen LogP contribution in [0.25, 0.3) is 10.2 Å². The van der Waals surface area contributed by atoms with E-state index in [0.717, 1.165) is 85.2 Å². The van der Waals surface area contributed by atoms with Crippen LogP contribution in [0.2, 0.25) is 0 Å². The van der Waals surface area contributed by atoms with Gasteiger partial charge in [-0.05, 0) is 44.1 Å². The number of carbonyl (C=O) groups excluding carboxylic acids is 1.